The lowest BCUT2D eigenvalue weighted by Gasteiger charge is -2.41. The van der Waals surface area contributed by atoms with Crippen LogP contribution >= 0.6 is 11.8 Å². The quantitative estimate of drug-likeness (QED) is 0.707. The molecule has 2 aliphatic rings. The number of fused-ring (bicyclic) bond motifs is 1. The zero-order valence-electron chi connectivity index (χ0n) is 14.4. The monoisotopic (exact) mass is 388 g/mol. The molecule has 5 unspecified atom stereocenters. The zero-order valence-corrected chi connectivity index (χ0v) is 15.2. The van der Waals surface area contributed by atoms with E-state index < -0.39 is 42.1 Å². The number of halogens is 2. The first kappa shape index (κ1) is 19.3. The number of amidine groups is 1. The number of alkyl halides is 2. The Labute approximate surface area is 154 Å². The molecular weight excluding hydrogens is 366 g/mol. The van der Waals surface area contributed by atoms with E-state index >= 15 is 0 Å². The smallest absolute Gasteiger partial charge is 0.276 e. The zero-order chi connectivity index (χ0) is 18.9. The number of ether oxygens (including phenoxy) is 2. The van der Waals surface area contributed by atoms with Crippen molar-refractivity contribution < 1.29 is 28.5 Å². The third kappa shape index (κ3) is 3.80. The molecule has 3 rings (SSSR count). The molecule has 6 nitrogen and oxygen atoms in total. The van der Waals surface area contributed by atoms with E-state index in [1.807, 2.05) is 0 Å². The van der Waals surface area contributed by atoms with E-state index in [0.29, 0.717) is 10.9 Å². The van der Waals surface area contributed by atoms with Crippen LogP contribution in [-0.4, -0.2) is 65.3 Å². The summed E-state index contributed by atoms with van der Waals surface area (Å²) in [6.45, 7) is 0. The van der Waals surface area contributed by atoms with Crippen LogP contribution in [0.3, 0.4) is 0 Å². The first-order valence-corrected chi connectivity index (χ1v) is 9.16. The van der Waals surface area contributed by atoms with Crippen molar-refractivity contribution in [3.05, 3.63) is 29.8 Å². The Morgan fingerprint density at radius 2 is 1.96 bits per heavy atom. The standard InChI is InChI=1S/C17H22F2N2O4S/c1-20-16-21-11-12(22)13(23)14(25-15(11)26-16)17(18,19)8-7-9-3-5-10(24-2)6-4-9/h3-6,11-15,22-23H,7-8H2,1-2H3,(H,20,21). The molecule has 2 fully saturated rings. The van der Waals surface area contributed by atoms with Gasteiger partial charge in [-0.2, -0.15) is 0 Å². The molecule has 26 heavy (non-hydrogen) atoms. The molecule has 0 saturated carbocycles. The number of aliphatic imine (C=N–C) groups is 1. The molecule has 2 heterocycles. The van der Waals surface area contributed by atoms with Crippen molar-refractivity contribution in [3.8, 4) is 5.75 Å². The van der Waals surface area contributed by atoms with Gasteiger partial charge in [0.2, 0.25) is 0 Å². The van der Waals surface area contributed by atoms with E-state index in [0.717, 1.165) is 17.3 Å². The minimum atomic E-state index is -3.29. The maximum Gasteiger partial charge on any atom is 0.276 e. The van der Waals surface area contributed by atoms with E-state index in [-0.39, 0.29) is 6.42 Å². The summed E-state index contributed by atoms with van der Waals surface area (Å²) in [5, 5.41) is 23.8. The Morgan fingerprint density at radius 1 is 1.27 bits per heavy atom. The van der Waals surface area contributed by atoms with Crippen LogP contribution in [-0.2, 0) is 11.2 Å². The summed E-state index contributed by atoms with van der Waals surface area (Å²) in [4.78, 5) is 3.95. The number of benzene rings is 1. The van der Waals surface area contributed by atoms with Gasteiger partial charge in [0.15, 0.2) is 11.3 Å². The molecule has 1 aromatic rings. The second-order valence-corrected chi connectivity index (χ2v) is 7.42. The third-order valence-corrected chi connectivity index (χ3v) is 5.81. The van der Waals surface area contributed by atoms with Gasteiger partial charge in [0.05, 0.1) is 13.2 Å². The summed E-state index contributed by atoms with van der Waals surface area (Å²) in [5.74, 6) is -2.64. The van der Waals surface area contributed by atoms with Gasteiger partial charge in [-0.3, -0.25) is 4.99 Å². The fourth-order valence-electron chi connectivity index (χ4n) is 3.12. The lowest BCUT2D eigenvalue weighted by molar-refractivity contribution is -0.236. The lowest BCUT2D eigenvalue weighted by atomic mass is 9.91. The Balaban J connectivity index is 1.67. The molecule has 144 valence electrons. The van der Waals surface area contributed by atoms with Gasteiger partial charge in [-0.25, -0.2) is 8.78 Å². The number of aliphatic hydroxyl groups is 2. The highest BCUT2D eigenvalue weighted by atomic mass is 32.2. The van der Waals surface area contributed by atoms with Gasteiger partial charge in [-0.15, -0.1) is 0 Å². The summed E-state index contributed by atoms with van der Waals surface area (Å²) in [6.07, 6.45) is -5.22. The maximum absolute atomic E-state index is 14.7. The van der Waals surface area contributed by atoms with Crippen molar-refractivity contribution in [1.82, 2.24) is 5.32 Å². The van der Waals surface area contributed by atoms with Crippen LogP contribution in [0.4, 0.5) is 8.78 Å². The van der Waals surface area contributed by atoms with Gasteiger partial charge in [-0.1, -0.05) is 23.9 Å². The Kier molecular flexibility index (Phi) is 5.71. The second-order valence-electron chi connectivity index (χ2n) is 6.33. The molecule has 2 saturated heterocycles. The second kappa shape index (κ2) is 7.67. The van der Waals surface area contributed by atoms with Crippen molar-refractivity contribution in [2.24, 2.45) is 4.99 Å². The third-order valence-electron chi connectivity index (χ3n) is 4.65. The largest absolute Gasteiger partial charge is 0.497 e. The fraction of sp³-hybridized carbons (Fsp3) is 0.588. The van der Waals surface area contributed by atoms with Crippen LogP contribution in [0.5, 0.6) is 5.75 Å². The van der Waals surface area contributed by atoms with Crippen molar-refractivity contribution in [2.45, 2.75) is 48.6 Å². The van der Waals surface area contributed by atoms with Crippen LogP contribution in [0.25, 0.3) is 0 Å². The molecule has 5 atom stereocenters. The van der Waals surface area contributed by atoms with Crippen LogP contribution in [0.15, 0.2) is 29.3 Å². The van der Waals surface area contributed by atoms with Crippen molar-refractivity contribution in [3.63, 3.8) is 0 Å². The first-order chi connectivity index (χ1) is 12.4. The van der Waals surface area contributed by atoms with Crippen LogP contribution in [0.2, 0.25) is 0 Å². The van der Waals surface area contributed by atoms with Crippen molar-refractivity contribution in [1.29, 1.82) is 0 Å². The summed E-state index contributed by atoms with van der Waals surface area (Å²) >= 11 is 1.14. The molecular formula is C17H22F2N2O4S. The van der Waals surface area contributed by atoms with E-state index in [1.54, 1.807) is 31.3 Å². The van der Waals surface area contributed by atoms with Crippen molar-refractivity contribution >= 4 is 16.9 Å². The fourth-order valence-corrected chi connectivity index (χ4v) is 4.20. The number of rotatable bonds is 5. The van der Waals surface area contributed by atoms with E-state index in [4.69, 9.17) is 9.47 Å². The van der Waals surface area contributed by atoms with Gasteiger partial charge in [0.1, 0.15) is 23.4 Å². The first-order valence-electron chi connectivity index (χ1n) is 8.28. The molecule has 9 heteroatoms. The van der Waals surface area contributed by atoms with Gasteiger partial charge < -0.3 is 25.0 Å². The summed E-state index contributed by atoms with van der Waals surface area (Å²) in [5.41, 5.74) is 0.00970. The molecule has 0 radical (unpaired) electrons. The molecule has 0 bridgehead atoms. The molecule has 2 aliphatic heterocycles. The van der Waals surface area contributed by atoms with E-state index in [9.17, 15) is 19.0 Å². The van der Waals surface area contributed by atoms with Crippen molar-refractivity contribution in [2.75, 3.05) is 14.2 Å². The highest BCUT2D eigenvalue weighted by Crippen LogP contribution is 2.40. The highest BCUT2D eigenvalue weighted by Gasteiger charge is 2.56. The van der Waals surface area contributed by atoms with Gasteiger partial charge >= 0.3 is 0 Å². The van der Waals surface area contributed by atoms with Crippen LogP contribution < -0.4 is 10.1 Å². The average Bonchev–Trinajstić information content (AvgIpc) is 3.07. The molecule has 0 aromatic heterocycles. The maximum atomic E-state index is 14.7. The average molecular weight is 388 g/mol. The summed E-state index contributed by atoms with van der Waals surface area (Å²) in [6, 6.07) is 6.19. The normalized spacial score (nSPS) is 33.0. The van der Waals surface area contributed by atoms with Crippen LogP contribution in [0, 0.1) is 0 Å². The van der Waals surface area contributed by atoms with E-state index in [1.165, 1.54) is 7.11 Å². The molecule has 3 N–H and O–H groups in total. The van der Waals surface area contributed by atoms with Crippen LogP contribution in [0.1, 0.15) is 12.0 Å². The Morgan fingerprint density at radius 3 is 2.58 bits per heavy atom. The summed E-state index contributed by atoms with van der Waals surface area (Å²) < 4.78 is 39.9. The number of aryl methyl sites for hydroxylation is 1. The van der Waals surface area contributed by atoms with E-state index in [2.05, 4.69) is 10.3 Å². The summed E-state index contributed by atoms with van der Waals surface area (Å²) in [7, 11) is 3.09. The number of thioether (sulfide) groups is 1. The molecule has 1 aromatic carbocycles. The minimum Gasteiger partial charge on any atom is -0.497 e. The minimum absolute atomic E-state index is 0.112. The molecule has 0 aliphatic carbocycles. The molecule has 0 amide bonds. The number of aliphatic hydroxyl groups excluding tert-OH is 2. The van der Waals surface area contributed by atoms with Gasteiger partial charge in [0, 0.05) is 13.5 Å². The number of nitrogens with one attached hydrogen (secondary N) is 1. The number of hydrogen-bond acceptors (Lipinski definition) is 6. The predicted molar refractivity (Wildman–Crippen MR) is 94.8 cm³/mol. The Hall–Kier alpha value is -1.42. The number of nitrogens with zero attached hydrogens (tertiary/aromatic N) is 1. The molecule has 0 spiro atoms. The lowest BCUT2D eigenvalue weighted by Crippen LogP contribution is -2.63. The Bertz CT molecular complexity index is 659. The number of methoxy groups -OCH3 is 1. The predicted octanol–water partition coefficient (Wildman–Crippen LogP) is 1.40. The SMILES string of the molecule is CN=C1NC2C(OC(C(F)(F)CCc3ccc(OC)cc3)C(O)C2O)S1. The van der Waals surface area contributed by atoms with Gasteiger partial charge in [-0.05, 0) is 24.1 Å². The topological polar surface area (TPSA) is 83.3 Å². The number of hydrogen-bond donors (Lipinski definition) is 3. The van der Waals surface area contributed by atoms with Gasteiger partial charge in [0.25, 0.3) is 5.92 Å². The highest BCUT2D eigenvalue weighted by molar-refractivity contribution is 8.14.